The van der Waals surface area contributed by atoms with Crippen molar-refractivity contribution in [1.29, 1.82) is 0 Å². The highest BCUT2D eigenvalue weighted by Crippen LogP contribution is 2.44. The molecule has 0 radical (unpaired) electrons. The fourth-order valence-electron chi connectivity index (χ4n) is 3.16. The van der Waals surface area contributed by atoms with Crippen LogP contribution in [0.15, 0.2) is 42.5 Å². The molecule has 0 amide bonds. The minimum absolute atomic E-state index is 0.0225. The largest absolute Gasteiger partial charge is 0.294 e. The molecule has 0 spiro atoms. The number of allylic oxidation sites excluding steroid dienone is 2. The van der Waals surface area contributed by atoms with Gasteiger partial charge in [-0.2, -0.15) is 0 Å². The third-order valence-corrected chi connectivity index (χ3v) is 4.23. The molecule has 0 unspecified atom stereocenters. The van der Waals surface area contributed by atoms with E-state index in [1.807, 2.05) is 30.3 Å². The van der Waals surface area contributed by atoms with E-state index in [-0.39, 0.29) is 11.3 Å². The molecule has 0 fully saturated rings. The number of Topliss-reactive ketones (excluding diaryl/α,β-unsaturated/α-hetero) is 1. The van der Waals surface area contributed by atoms with Crippen LogP contribution in [0, 0.1) is 17.3 Å². The van der Waals surface area contributed by atoms with Gasteiger partial charge in [0.2, 0.25) is 0 Å². The number of rotatable bonds is 5. The molecule has 0 saturated carbocycles. The lowest BCUT2D eigenvalue weighted by atomic mass is 9.72. The number of carbonyl (C=O) groups excluding carboxylic acids is 1. The summed E-state index contributed by atoms with van der Waals surface area (Å²) < 4.78 is 0. The maximum Gasteiger partial charge on any atom is 0.167 e. The van der Waals surface area contributed by atoms with E-state index in [1.54, 1.807) is 0 Å². The molecular weight excluding hydrogens is 232 g/mol. The van der Waals surface area contributed by atoms with Gasteiger partial charge in [-0.05, 0) is 17.8 Å². The molecule has 1 heteroatoms. The monoisotopic (exact) mass is 256 g/mol. The molecule has 0 aliphatic heterocycles. The van der Waals surface area contributed by atoms with Crippen LogP contribution in [0.1, 0.15) is 50.4 Å². The highest BCUT2D eigenvalue weighted by molar-refractivity contribution is 5.99. The van der Waals surface area contributed by atoms with E-state index in [2.05, 4.69) is 32.9 Å². The molecule has 19 heavy (non-hydrogen) atoms. The van der Waals surface area contributed by atoms with Crippen LogP contribution in [0.25, 0.3) is 0 Å². The molecule has 1 aromatic carbocycles. The van der Waals surface area contributed by atoms with Crippen LogP contribution in [0.5, 0.6) is 0 Å². The second-order valence-electron chi connectivity index (χ2n) is 6.19. The normalized spacial score (nSPS) is 24.6. The van der Waals surface area contributed by atoms with Crippen LogP contribution < -0.4 is 0 Å². The van der Waals surface area contributed by atoms with E-state index in [9.17, 15) is 4.79 Å². The lowest BCUT2D eigenvalue weighted by molar-refractivity contribution is 0.0805. The van der Waals surface area contributed by atoms with Gasteiger partial charge in [-0.1, -0.05) is 76.1 Å². The first-order chi connectivity index (χ1) is 9.06. The van der Waals surface area contributed by atoms with Crippen molar-refractivity contribution in [3.8, 4) is 0 Å². The van der Waals surface area contributed by atoms with Gasteiger partial charge in [0.05, 0.1) is 0 Å². The Kier molecular flexibility index (Phi) is 4.24. The summed E-state index contributed by atoms with van der Waals surface area (Å²) in [5, 5.41) is 0. The Morgan fingerprint density at radius 2 is 1.89 bits per heavy atom. The van der Waals surface area contributed by atoms with Crippen LogP contribution in [-0.2, 0) is 0 Å². The predicted molar refractivity (Wildman–Crippen MR) is 80.2 cm³/mol. The molecule has 2 rings (SSSR count). The predicted octanol–water partition coefficient (Wildman–Crippen LogP) is 4.89. The van der Waals surface area contributed by atoms with Crippen molar-refractivity contribution in [2.45, 2.75) is 40.0 Å². The van der Waals surface area contributed by atoms with Crippen molar-refractivity contribution >= 4 is 5.78 Å². The third-order valence-electron chi connectivity index (χ3n) is 4.23. The fourth-order valence-corrected chi connectivity index (χ4v) is 3.16. The number of hydrogen-bond donors (Lipinski definition) is 0. The minimum atomic E-state index is -0.0225. The lowest BCUT2D eigenvalue weighted by Gasteiger charge is -2.30. The van der Waals surface area contributed by atoms with Crippen molar-refractivity contribution in [3.63, 3.8) is 0 Å². The quantitative estimate of drug-likeness (QED) is 0.541. The van der Waals surface area contributed by atoms with Gasteiger partial charge < -0.3 is 0 Å². The smallest absolute Gasteiger partial charge is 0.167 e. The summed E-state index contributed by atoms with van der Waals surface area (Å²) in [6.45, 7) is 6.57. The number of unbranched alkanes of at least 4 members (excludes halogenated alkanes) is 1. The van der Waals surface area contributed by atoms with Crippen molar-refractivity contribution in [2.24, 2.45) is 17.3 Å². The van der Waals surface area contributed by atoms with Gasteiger partial charge >= 0.3 is 0 Å². The van der Waals surface area contributed by atoms with E-state index in [1.165, 1.54) is 12.8 Å². The topological polar surface area (TPSA) is 17.1 Å². The van der Waals surface area contributed by atoms with Crippen LogP contribution in [0.4, 0.5) is 0 Å². The van der Waals surface area contributed by atoms with Gasteiger partial charge in [0.25, 0.3) is 0 Å². The zero-order valence-corrected chi connectivity index (χ0v) is 12.2. The SMILES string of the molecule is CCCC[C@@H]1C=CC(C)(C)[C@@H]1C(=O)c1ccccc1. The van der Waals surface area contributed by atoms with E-state index in [0.717, 1.165) is 12.0 Å². The Morgan fingerprint density at radius 1 is 1.21 bits per heavy atom. The summed E-state index contributed by atoms with van der Waals surface area (Å²) in [5.41, 5.74) is 0.830. The number of ketones is 1. The molecule has 0 aromatic heterocycles. The molecule has 2 atom stereocenters. The Labute approximate surface area is 116 Å². The maximum absolute atomic E-state index is 12.8. The zero-order valence-electron chi connectivity index (χ0n) is 12.2. The van der Waals surface area contributed by atoms with Crippen LogP contribution >= 0.6 is 0 Å². The number of carbonyl (C=O) groups is 1. The van der Waals surface area contributed by atoms with Gasteiger partial charge in [0, 0.05) is 11.5 Å². The van der Waals surface area contributed by atoms with Crippen molar-refractivity contribution < 1.29 is 4.79 Å². The zero-order chi connectivity index (χ0) is 13.9. The molecule has 1 aliphatic rings. The number of hydrogen-bond acceptors (Lipinski definition) is 1. The molecule has 0 N–H and O–H groups in total. The van der Waals surface area contributed by atoms with E-state index in [0.29, 0.717) is 11.7 Å². The van der Waals surface area contributed by atoms with Gasteiger partial charge in [0.1, 0.15) is 0 Å². The minimum Gasteiger partial charge on any atom is -0.294 e. The molecular formula is C18H24O. The summed E-state index contributed by atoms with van der Waals surface area (Å²) >= 11 is 0. The fraction of sp³-hybridized carbons (Fsp3) is 0.500. The lowest BCUT2D eigenvalue weighted by Crippen LogP contribution is -2.31. The Balaban J connectivity index is 2.22. The molecule has 0 bridgehead atoms. The first kappa shape index (κ1) is 14.0. The first-order valence-corrected chi connectivity index (χ1v) is 7.35. The van der Waals surface area contributed by atoms with Crippen molar-refractivity contribution in [1.82, 2.24) is 0 Å². The Morgan fingerprint density at radius 3 is 2.53 bits per heavy atom. The summed E-state index contributed by atoms with van der Waals surface area (Å²) in [6.07, 6.45) is 8.01. The molecule has 1 aliphatic carbocycles. The highest BCUT2D eigenvalue weighted by atomic mass is 16.1. The Bertz CT molecular complexity index is 456. The van der Waals surface area contributed by atoms with Gasteiger partial charge in [-0.25, -0.2) is 0 Å². The van der Waals surface area contributed by atoms with E-state index < -0.39 is 0 Å². The molecule has 0 saturated heterocycles. The molecule has 102 valence electrons. The summed E-state index contributed by atoms with van der Waals surface area (Å²) in [6, 6.07) is 9.73. The van der Waals surface area contributed by atoms with Gasteiger partial charge in [-0.15, -0.1) is 0 Å². The van der Waals surface area contributed by atoms with Crippen molar-refractivity contribution in [3.05, 3.63) is 48.0 Å². The second-order valence-corrected chi connectivity index (χ2v) is 6.19. The summed E-state index contributed by atoms with van der Waals surface area (Å²) in [4.78, 5) is 12.8. The summed E-state index contributed by atoms with van der Waals surface area (Å²) in [7, 11) is 0. The third kappa shape index (κ3) is 2.97. The van der Waals surface area contributed by atoms with Crippen LogP contribution in [0.3, 0.4) is 0 Å². The van der Waals surface area contributed by atoms with E-state index in [4.69, 9.17) is 0 Å². The average Bonchev–Trinajstić information content (AvgIpc) is 2.71. The highest BCUT2D eigenvalue weighted by Gasteiger charge is 2.42. The number of benzene rings is 1. The van der Waals surface area contributed by atoms with Gasteiger partial charge in [0.15, 0.2) is 5.78 Å². The van der Waals surface area contributed by atoms with Gasteiger partial charge in [-0.3, -0.25) is 4.79 Å². The maximum atomic E-state index is 12.8. The Hall–Kier alpha value is -1.37. The van der Waals surface area contributed by atoms with Crippen LogP contribution in [0.2, 0.25) is 0 Å². The summed E-state index contributed by atoms with van der Waals surface area (Å²) in [5.74, 6) is 0.806. The van der Waals surface area contributed by atoms with Crippen molar-refractivity contribution in [2.75, 3.05) is 0 Å². The second kappa shape index (κ2) is 5.73. The molecule has 1 nitrogen and oxygen atoms in total. The average molecular weight is 256 g/mol. The van der Waals surface area contributed by atoms with Crippen LogP contribution in [-0.4, -0.2) is 5.78 Å². The molecule has 1 aromatic rings. The standard InChI is InChI=1S/C18H24O/c1-4-5-9-14-12-13-18(2,3)16(14)17(19)15-10-7-6-8-11-15/h6-8,10-14,16H,4-5,9H2,1-3H3/t14-,16+/m1/s1. The first-order valence-electron chi connectivity index (χ1n) is 7.35. The molecule has 0 heterocycles. The van der Waals surface area contributed by atoms with E-state index >= 15 is 0 Å².